The van der Waals surface area contributed by atoms with Crippen LogP contribution >= 0.6 is 0 Å². The molecule has 2 aromatic carbocycles. The Hall–Kier alpha value is -2.69. The van der Waals surface area contributed by atoms with Crippen LogP contribution in [0.2, 0.25) is 0 Å². The number of aromatic hydroxyl groups is 1. The molecule has 3 aromatic rings. The van der Waals surface area contributed by atoms with Crippen molar-refractivity contribution in [3.05, 3.63) is 58.8 Å². The van der Waals surface area contributed by atoms with Crippen molar-refractivity contribution in [3.8, 4) is 11.4 Å². The number of aromatic nitrogens is 1. The summed E-state index contributed by atoms with van der Waals surface area (Å²) in [5.41, 5.74) is 3.39. The summed E-state index contributed by atoms with van der Waals surface area (Å²) in [5.74, 6) is -0.408. The Kier molecular flexibility index (Phi) is 5.39. The number of benzene rings is 2. The fourth-order valence-corrected chi connectivity index (χ4v) is 4.97. The Balaban J connectivity index is 2.04. The van der Waals surface area contributed by atoms with Crippen molar-refractivity contribution >= 4 is 17.2 Å². The number of fused-ring (bicyclic) bond motifs is 1. The maximum Gasteiger partial charge on any atom is 0.148 e. The zero-order chi connectivity index (χ0) is 21.6. The summed E-state index contributed by atoms with van der Waals surface area (Å²) in [7, 11) is 0. The van der Waals surface area contributed by atoms with Crippen molar-refractivity contribution in [3.63, 3.8) is 0 Å². The maximum atomic E-state index is 15.2. The van der Waals surface area contributed by atoms with Gasteiger partial charge in [-0.3, -0.25) is 0 Å². The van der Waals surface area contributed by atoms with Crippen molar-refractivity contribution in [1.29, 1.82) is 0 Å². The predicted molar refractivity (Wildman–Crippen MR) is 114 cm³/mol. The molecule has 1 saturated carbocycles. The molecule has 30 heavy (non-hydrogen) atoms. The standard InChI is InChI=1S/C25H27F2NO2/c1-14(2)24-22(17-6-4-16(13-29)5-7-17)23-21(30)11-10-20(27)25(23)28(24)18-8-9-19(26)15(3)12-18/h8-14,16-17,30H,4-7H2,1-3H3. The number of halogens is 2. The van der Waals surface area contributed by atoms with E-state index in [1.807, 2.05) is 4.57 Å². The molecule has 4 rings (SSSR count). The van der Waals surface area contributed by atoms with E-state index in [0.717, 1.165) is 43.2 Å². The molecule has 0 atom stereocenters. The number of carbonyl (C=O) groups is 1. The van der Waals surface area contributed by atoms with E-state index in [9.17, 15) is 14.3 Å². The van der Waals surface area contributed by atoms with Crippen molar-refractivity contribution in [1.82, 2.24) is 4.57 Å². The van der Waals surface area contributed by atoms with Crippen LogP contribution in [0.1, 0.15) is 68.2 Å². The third kappa shape index (κ3) is 3.30. The van der Waals surface area contributed by atoms with Gasteiger partial charge in [-0.2, -0.15) is 0 Å². The first-order chi connectivity index (χ1) is 14.3. The van der Waals surface area contributed by atoms with Gasteiger partial charge in [0.05, 0.1) is 5.52 Å². The molecule has 0 aliphatic heterocycles. The number of carbonyl (C=O) groups excluding carboxylic acids is 1. The van der Waals surface area contributed by atoms with Crippen LogP contribution in [0.3, 0.4) is 0 Å². The summed E-state index contributed by atoms with van der Waals surface area (Å²) in [6, 6.07) is 7.46. The fourth-order valence-electron chi connectivity index (χ4n) is 4.97. The number of aldehydes is 1. The molecule has 0 radical (unpaired) electrons. The minimum atomic E-state index is -0.417. The molecule has 3 nitrogen and oxygen atoms in total. The lowest BCUT2D eigenvalue weighted by Crippen LogP contribution is -2.16. The minimum Gasteiger partial charge on any atom is -0.507 e. The molecule has 0 unspecified atom stereocenters. The number of hydrogen-bond donors (Lipinski definition) is 1. The zero-order valence-corrected chi connectivity index (χ0v) is 17.6. The van der Waals surface area contributed by atoms with Crippen LogP contribution in [0, 0.1) is 24.5 Å². The summed E-state index contributed by atoms with van der Waals surface area (Å²) in [4.78, 5) is 11.2. The number of nitrogens with zero attached hydrogens (tertiary/aromatic N) is 1. The van der Waals surface area contributed by atoms with Crippen molar-refractivity contribution in [2.75, 3.05) is 0 Å². The number of phenols is 1. The van der Waals surface area contributed by atoms with Gasteiger partial charge in [0, 0.05) is 22.7 Å². The van der Waals surface area contributed by atoms with Crippen LogP contribution < -0.4 is 0 Å². The highest BCUT2D eigenvalue weighted by atomic mass is 19.1. The molecule has 0 saturated heterocycles. The van der Waals surface area contributed by atoms with E-state index < -0.39 is 5.82 Å². The molecule has 1 N–H and O–H groups in total. The van der Waals surface area contributed by atoms with Crippen LogP contribution in [0.5, 0.6) is 5.75 Å². The van der Waals surface area contributed by atoms with E-state index in [0.29, 0.717) is 22.2 Å². The predicted octanol–water partition coefficient (Wildman–Crippen LogP) is 6.52. The zero-order valence-electron chi connectivity index (χ0n) is 17.6. The Morgan fingerprint density at radius 1 is 1.07 bits per heavy atom. The molecule has 1 aliphatic rings. The molecule has 0 bridgehead atoms. The Morgan fingerprint density at radius 2 is 1.73 bits per heavy atom. The van der Waals surface area contributed by atoms with Crippen LogP contribution in [0.25, 0.3) is 16.6 Å². The van der Waals surface area contributed by atoms with Gasteiger partial charge in [0.15, 0.2) is 0 Å². The van der Waals surface area contributed by atoms with E-state index in [-0.39, 0.29) is 29.3 Å². The van der Waals surface area contributed by atoms with E-state index in [2.05, 4.69) is 13.8 Å². The largest absolute Gasteiger partial charge is 0.507 e. The highest BCUT2D eigenvalue weighted by Gasteiger charge is 2.32. The minimum absolute atomic E-state index is 0.0541. The Labute approximate surface area is 175 Å². The molecule has 158 valence electrons. The van der Waals surface area contributed by atoms with Gasteiger partial charge >= 0.3 is 0 Å². The van der Waals surface area contributed by atoms with E-state index in [4.69, 9.17) is 0 Å². The number of aryl methyl sites for hydroxylation is 1. The van der Waals surface area contributed by atoms with Gasteiger partial charge in [-0.05, 0) is 85.9 Å². The topological polar surface area (TPSA) is 42.2 Å². The highest BCUT2D eigenvalue weighted by Crippen LogP contribution is 2.47. The van der Waals surface area contributed by atoms with Crippen molar-refractivity contribution < 1.29 is 18.7 Å². The second-order valence-electron chi connectivity index (χ2n) is 8.76. The quantitative estimate of drug-likeness (QED) is 0.497. The smallest absolute Gasteiger partial charge is 0.148 e. The average molecular weight is 411 g/mol. The first-order valence-corrected chi connectivity index (χ1v) is 10.6. The van der Waals surface area contributed by atoms with E-state index in [1.54, 1.807) is 19.1 Å². The molecular formula is C25H27F2NO2. The molecule has 1 heterocycles. The second-order valence-corrected chi connectivity index (χ2v) is 8.76. The van der Waals surface area contributed by atoms with Gasteiger partial charge in [-0.1, -0.05) is 13.8 Å². The van der Waals surface area contributed by atoms with E-state index in [1.165, 1.54) is 18.2 Å². The molecule has 0 spiro atoms. The summed E-state index contributed by atoms with van der Waals surface area (Å²) >= 11 is 0. The third-order valence-corrected chi connectivity index (χ3v) is 6.44. The summed E-state index contributed by atoms with van der Waals surface area (Å²) in [6.07, 6.45) is 4.26. The van der Waals surface area contributed by atoms with Crippen molar-refractivity contribution in [2.45, 2.75) is 58.3 Å². The maximum absolute atomic E-state index is 15.2. The monoisotopic (exact) mass is 411 g/mol. The SMILES string of the molecule is Cc1cc(-n2c(C(C)C)c(C3CCC(C=O)CC3)c3c(O)ccc(F)c32)ccc1F. The molecule has 1 aromatic heterocycles. The number of rotatable bonds is 4. The van der Waals surface area contributed by atoms with Gasteiger partial charge in [0.1, 0.15) is 23.7 Å². The van der Waals surface area contributed by atoms with E-state index >= 15 is 4.39 Å². The Bertz CT molecular complexity index is 1110. The first-order valence-electron chi connectivity index (χ1n) is 10.6. The molecule has 0 amide bonds. The van der Waals surface area contributed by atoms with Crippen LogP contribution in [0.15, 0.2) is 30.3 Å². The summed E-state index contributed by atoms with van der Waals surface area (Å²) in [6.45, 7) is 5.79. The van der Waals surface area contributed by atoms with Crippen LogP contribution in [0.4, 0.5) is 8.78 Å². The third-order valence-electron chi connectivity index (χ3n) is 6.44. The molecule has 1 fully saturated rings. The summed E-state index contributed by atoms with van der Waals surface area (Å²) < 4.78 is 31.0. The first kappa shape index (κ1) is 20.6. The van der Waals surface area contributed by atoms with Gasteiger partial charge in [-0.15, -0.1) is 0 Å². The van der Waals surface area contributed by atoms with Crippen molar-refractivity contribution in [2.24, 2.45) is 5.92 Å². The Morgan fingerprint density at radius 3 is 2.33 bits per heavy atom. The number of hydrogen-bond acceptors (Lipinski definition) is 2. The van der Waals surface area contributed by atoms with Crippen LogP contribution in [-0.2, 0) is 4.79 Å². The second kappa shape index (κ2) is 7.86. The van der Waals surface area contributed by atoms with Gasteiger partial charge < -0.3 is 14.5 Å². The lowest BCUT2D eigenvalue weighted by atomic mass is 9.77. The molecular weight excluding hydrogens is 384 g/mol. The highest BCUT2D eigenvalue weighted by molar-refractivity contribution is 5.93. The lowest BCUT2D eigenvalue weighted by molar-refractivity contribution is -0.111. The normalized spacial score (nSPS) is 19.5. The van der Waals surface area contributed by atoms with Gasteiger partial charge in [-0.25, -0.2) is 8.78 Å². The number of phenolic OH excluding ortho intramolecular Hbond substituents is 1. The fraction of sp³-hybridized carbons (Fsp3) is 0.400. The average Bonchev–Trinajstić information content (AvgIpc) is 3.10. The van der Waals surface area contributed by atoms with Crippen LogP contribution in [-0.4, -0.2) is 16.0 Å². The lowest BCUT2D eigenvalue weighted by Gasteiger charge is -2.27. The molecule has 1 aliphatic carbocycles. The van der Waals surface area contributed by atoms with Gasteiger partial charge in [0.2, 0.25) is 0 Å². The molecule has 5 heteroatoms. The van der Waals surface area contributed by atoms with Gasteiger partial charge in [0.25, 0.3) is 0 Å². The summed E-state index contributed by atoms with van der Waals surface area (Å²) in [5, 5.41) is 11.3.